The summed E-state index contributed by atoms with van der Waals surface area (Å²) in [5.41, 5.74) is 5.61. The minimum atomic E-state index is -4.92. The molecule has 1 aromatic rings. The number of rotatable bonds is 3. The minimum absolute atomic E-state index is 0.135. The highest BCUT2D eigenvalue weighted by atomic mass is 19.4. The van der Waals surface area contributed by atoms with Gasteiger partial charge in [-0.15, -0.1) is 0 Å². The van der Waals surface area contributed by atoms with Crippen LogP contribution in [0.15, 0.2) is 30.3 Å². The second kappa shape index (κ2) is 3.83. The molecule has 0 aromatic heterocycles. The monoisotopic (exact) mass is 188 g/mol. The van der Waals surface area contributed by atoms with Crippen molar-refractivity contribution in [2.45, 2.75) is 12.4 Å². The van der Waals surface area contributed by atoms with Gasteiger partial charge in [-0.05, 0) is 17.9 Å². The van der Waals surface area contributed by atoms with Gasteiger partial charge in [0.1, 0.15) is 0 Å². The quantitative estimate of drug-likeness (QED) is 0.720. The summed E-state index contributed by atoms with van der Waals surface area (Å²) in [6.45, 7) is -4.92. The molecular weight excluding hydrogens is 178 g/mol. The molecule has 1 rings (SSSR count). The molecule has 0 radical (unpaired) electrons. The molecule has 0 saturated carbocycles. The Morgan fingerprint density at radius 1 is 1.15 bits per heavy atom. The van der Waals surface area contributed by atoms with Gasteiger partial charge >= 0.3 is 6.98 Å². The summed E-state index contributed by atoms with van der Waals surface area (Å²) in [6.07, 6.45) is -0.135. The van der Waals surface area contributed by atoms with Crippen molar-refractivity contribution in [3.05, 3.63) is 35.9 Å². The average molecular weight is 188 g/mol. The van der Waals surface area contributed by atoms with Gasteiger partial charge in [-0.3, -0.25) is 0 Å². The molecular formula is C8H10BF3N-. The van der Waals surface area contributed by atoms with Gasteiger partial charge in [-0.25, -0.2) is 0 Å². The summed E-state index contributed by atoms with van der Waals surface area (Å²) in [7, 11) is 0. The number of nitrogens with two attached hydrogens (primary N) is 1. The van der Waals surface area contributed by atoms with Crippen LogP contribution in [0.3, 0.4) is 0 Å². The van der Waals surface area contributed by atoms with E-state index in [4.69, 9.17) is 5.73 Å². The van der Waals surface area contributed by atoms with E-state index < -0.39 is 12.9 Å². The van der Waals surface area contributed by atoms with Gasteiger partial charge in [-0.1, -0.05) is 30.3 Å². The Morgan fingerprint density at radius 2 is 1.69 bits per heavy atom. The van der Waals surface area contributed by atoms with E-state index in [9.17, 15) is 12.9 Å². The van der Waals surface area contributed by atoms with Crippen LogP contribution < -0.4 is 5.73 Å². The van der Waals surface area contributed by atoms with Crippen molar-refractivity contribution in [1.82, 2.24) is 0 Å². The smallest absolute Gasteiger partial charge is 0.448 e. The highest BCUT2D eigenvalue weighted by Gasteiger charge is 2.31. The van der Waals surface area contributed by atoms with Crippen molar-refractivity contribution < 1.29 is 12.9 Å². The largest absolute Gasteiger partial charge is 0.494 e. The number of hydrogen-bond acceptors (Lipinski definition) is 1. The van der Waals surface area contributed by atoms with Crippen LogP contribution in [0.25, 0.3) is 0 Å². The maximum atomic E-state index is 12.1. The summed E-state index contributed by atoms with van der Waals surface area (Å²) in [6, 6.07) is 8.44. The zero-order chi connectivity index (χ0) is 9.90. The third kappa shape index (κ3) is 3.10. The van der Waals surface area contributed by atoms with Crippen molar-refractivity contribution in [3.8, 4) is 0 Å². The second-order valence-electron chi connectivity index (χ2n) is 2.98. The topological polar surface area (TPSA) is 26.0 Å². The molecule has 0 saturated heterocycles. The van der Waals surface area contributed by atoms with Crippen LogP contribution in [-0.4, -0.2) is 12.9 Å². The predicted molar refractivity (Wildman–Crippen MR) is 47.2 cm³/mol. The van der Waals surface area contributed by atoms with Crippen LogP contribution in [0.4, 0.5) is 12.9 Å². The summed E-state index contributed by atoms with van der Waals surface area (Å²) < 4.78 is 36.2. The molecule has 1 atom stereocenters. The van der Waals surface area contributed by atoms with Crippen LogP contribution in [-0.2, 0) is 6.42 Å². The first-order valence-electron chi connectivity index (χ1n) is 3.99. The normalized spacial score (nSPS) is 14.2. The van der Waals surface area contributed by atoms with E-state index in [1.165, 1.54) is 0 Å². The molecule has 0 spiro atoms. The molecule has 0 heterocycles. The Balaban J connectivity index is 2.61. The minimum Gasteiger partial charge on any atom is -0.448 e. The summed E-state index contributed by atoms with van der Waals surface area (Å²) in [4.78, 5) is 0. The van der Waals surface area contributed by atoms with E-state index >= 15 is 0 Å². The lowest BCUT2D eigenvalue weighted by Crippen LogP contribution is -2.44. The van der Waals surface area contributed by atoms with Crippen LogP contribution in [0, 0.1) is 0 Å². The van der Waals surface area contributed by atoms with Crippen LogP contribution >= 0.6 is 0 Å². The fourth-order valence-corrected chi connectivity index (χ4v) is 1.02. The standard InChI is InChI=1S/C8H10BF3N/c10-9(11,12)8(13)6-7-4-2-1-3-5-7/h1-5,8H,6,13H2/q-1/t8-/m0/s1. The van der Waals surface area contributed by atoms with Gasteiger partial charge in [0.05, 0.1) is 0 Å². The van der Waals surface area contributed by atoms with Gasteiger partial charge in [0, 0.05) is 0 Å². The van der Waals surface area contributed by atoms with Crippen molar-refractivity contribution in [2.24, 2.45) is 5.73 Å². The molecule has 0 aliphatic carbocycles. The van der Waals surface area contributed by atoms with E-state index in [-0.39, 0.29) is 6.42 Å². The van der Waals surface area contributed by atoms with E-state index in [2.05, 4.69) is 0 Å². The van der Waals surface area contributed by atoms with Crippen molar-refractivity contribution >= 4 is 6.98 Å². The molecule has 0 aliphatic rings. The molecule has 13 heavy (non-hydrogen) atoms. The molecule has 0 fully saturated rings. The molecule has 0 amide bonds. The number of halogens is 3. The lowest BCUT2D eigenvalue weighted by atomic mass is 9.76. The van der Waals surface area contributed by atoms with E-state index in [1.54, 1.807) is 30.3 Å². The number of benzene rings is 1. The van der Waals surface area contributed by atoms with E-state index in [1.807, 2.05) is 0 Å². The maximum Gasteiger partial charge on any atom is 0.494 e. The molecule has 5 heteroatoms. The van der Waals surface area contributed by atoms with Gasteiger partial charge in [0.25, 0.3) is 0 Å². The van der Waals surface area contributed by atoms with Gasteiger partial charge in [0.15, 0.2) is 0 Å². The molecule has 72 valence electrons. The van der Waals surface area contributed by atoms with Crippen LogP contribution in [0.5, 0.6) is 0 Å². The second-order valence-corrected chi connectivity index (χ2v) is 2.98. The Bertz CT molecular complexity index is 260. The zero-order valence-corrected chi connectivity index (χ0v) is 6.96. The highest BCUT2D eigenvalue weighted by molar-refractivity contribution is 6.60. The number of hydrogen-bond donors (Lipinski definition) is 1. The lowest BCUT2D eigenvalue weighted by Gasteiger charge is -2.22. The lowest BCUT2D eigenvalue weighted by molar-refractivity contribution is 0.436. The van der Waals surface area contributed by atoms with Crippen LogP contribution in [0.1, 0.15) is 5.56 Å². The molecule has 0 aliphatic heterocycles. The molecule has 1 nitrogen and oxygen atoms in total. The van der Waals surface area contributed by atoms with Gasteiger partial charge in [-0.2, -0.15) is 0 Å². The van der Waals surface area contributed by atoms with Gasteiger partial charge in [0.2, 0.25) is 0 Å². The highest BCUT2D eigenvalue weighted by Crippen LogP contribution is 2.15. The average Bonchev–Trinajstić information content (AvgIpc) is 2.04. The van der Waals surface area contributed by atoms with Crippen molar-refractivity contribution in [1.29, 1.82) is 0 Å². The van der Waals surface area contributed by atoms with E-state index in [0.717, 1.165) is 0 Å². The molecule has 1 aromatic carbocycles. The third-order valence-electron chi connectivity index (χ3n) is 1.80. The Morgan fingerprint density at radius 3 is 2.15 bits per heavy atom. The maximum absolute atomic E-state index is 12.1. The first kappa shape index (κ1) is 10.1. The molecule has 2 N–H and O–H groups in total. The first-order valence-corrected chi connectivity index (χ1v) is 3.99. The van der Waals surface area contributed by atoms with Gasteiger partial charge < -0.3 is 18.7 Å². The summed E-state index contributed by atoms with van der Waals surface area (Å²) in [5, 5.41) is 0. The van der Waals surface area contributed by atoms with Crippen LogP contribution in [0.2, 0.25) is 0 Å². The summed E-state index contributed by atoms with van der Waals surface area (Å²) >= 11 is 0. The molecule has 0 unspecified atom stereocenters. The Kier molecular flexibility index (Phi) is 2.98. The predicted octanol–water partition coefficient (Wildman–Crippen LogP) is 1.94. The Hall–Kier alpha value is -0.965. The van der Waals surface area contributed by atoms with E-state index in [0.29, 0.717) is 5.56 Å². The third-order valence-corrected chi connectivity index (χ3v) is 1.80. The summed E-state index contributed by atoms with van der Waals surface area (Å²) in [5.74, 6) is -1.71. The Labute approximate surface area is 74.8 Å². The fourth-order valence-electron chi connectivity index (χ4n) is 1.02. The fraction of sp³-hybridized carbons (Fsp3) is 0.250. The first-order chi connectivity index (χ1) is 6.00. The molecule has 0 bridgehead atoms. The zero-order valence-electron chi connectivity index (χ0n) is 6.96. The van der Waals surface area contributed by atoms with Crippen molar-refractivity contribution in [2.75, 3.05) is 0 Å². The SMILES string of the molecule is N[C@@H](Cc1ccccc1)[B-](F)(F)F. The van der Waals surface area contributed by atoms with Crippen molar-refractivity contribution in [3.63, 3.8) is 0 Å².